The summed E-state index contributed by atoms with van der Waals surface area (Å²) in [7, 11) is 0. The van der Waals surface area contributed by atoms with Crippen molar-refractivity contribution in [3.8, 4) is 0 Å². The van der Waals surface area contributed by atoms with E-state index < -0.39 is 0 Å². The lowest BCUT2D eigenvalue weighted by Crippen LogP contribution is -2.49. The van der Waals surface area contributed by atoms with Gasteiger partial charge >= 0.3 is 0 Å². The van der Waals surface area contributed by atoms with E-state index in [0.29, 0.717) is 5.92 Å². The minimum Gasteiger partial charge on any atom is -0.339 e. The van der Waals surface area contributed by atoms with Gasteiger partial charge in [-0.25, -0.2) is 4.68 Å². The van der Waals surface area contributed by atoms with Crippen LogP contribution in [0.15, 0.2) is 30.6 Å². The van der Waals surface area contributed by atoms with Gasteiger partial charge in [-0.3, -0.25) is 9.69 Å². The summed E-state index contributed by atoms with van der Waals surface area (Å²) in [5, 5.41) is 10.8. The Hall–Kier alpha value is -2.28. The van der Waals surface area contributed by atoms with Crippen LogP contribution in [0.5, 0.6) is 0 Å². The van der Waals surface area contributed by atoms with Gasteiger partial charge in [0.25, 0.3) is 0 Å². The van der Waals surface area contributed by atoms with Crippen LogP contribution in [0.25, 0.3) is 0 Å². The second kappa shape index (κ2) is 7.53. The van der Waals surface area contributed by atoms with Crippen LogP contribution in [0.3, 0.4) is 0 Å². The maximum atomic E-state index is 12.2. The number of tetrazole rings is 1. The molecule has 128 valence electrons. The number of carbonyl (C=O) groups excluding carboxylic acids is 1. The highest BCUT2D eigenvalue weighted by atomic mass is 16.2. The van der Waals surface area contributed by atoms with Gasteiger partial charge in [-0.2, -0.15) is 0 Å². The zero-order chi connectivity index (χ0) is 16.9. The molecule has 1 saturated heterocycles. The van der Waals surface area contributed by atoms with E-state index in [9.17, 15) is 4.79 Å². The van der Waals surface area contributed by atoms with Crippen LogP contribution < -0.4 is 0 Å². The van der Waals surface area contributed by atoms with Crippen molar-refractivity contribution in [3.05, 3.63) is 41.7 Å². The lowest BCUT2D eigenvalue weighted by atomic mass is 10.0. The van der Waals surface area contributed by atoms with Crippen molar-refractivity contribution in [1.29, 1.82) is 0 Å². The van der Waals surface area contributed by atoms with Crippen molar-refractivity contribution in [2.75, 3.05) is 26.2 Å². The number of amides is 1. The van der Waals surface area contributed by atoms with E-state index in [4.69, 9.17) is 0 Å². The summed E-state index contributed by atoms with van der Waals surface area (Å²) in [5.74, 6) is 0.620. The average molecular weight is 328 g/mol. The summed E-state index contributed by atoms with van der Waals surface area (Å²) in [6.45, 7) is 8.89. The molecular formula is C17H24N6O. The predicted molar refractivity (Wildman–Crippen MR) is 90.2 cm³/mol. The summed E-state index contributed by atoms with van der Waals surface area (Å²) in [4.78, 5) is 16.5. The van der Waals surface area contributed by atoms with Gasteiger partial charge in [0.1, 0.15) is 12.9 Å². The Labute approximate surface area is 142 Å². The molecule has 0 aliphatic carbocycles. The molecule has 7 nitrogen and oxygen atoms in total. The van der Waals surface area contributed by atoms with Gasteiger partial charge in [0.05, 0.1) is 0 Å². The van der Waals surface area contributed by atoms with Gasteiger partial charge < -0.3 is 4.90 Å². The van der Waals surface area contributed by atoms with Crippen LogP contribution in [0.4, 0.5) is 0 Å². The molecule has 7 heteroatoms. The summed E-state index contributed by atoms with van der Waals surface area (Å²) < 4.78 is 1.46. The third-order valence-corrected chi connectivity index (χ3v) is 4.44. The highest BCUT2D eigenvalue weighted by Gasteiger charge is 2.21. The molecule has 1 aliphatic heterocycles. The Morgan fingerprint density at radius 2 is 2.00 bits per heavy atom. The maximum Gasteiger partial charge on any atom is 0.244 e. The molecule has 2 heterocycles. The molecule has 0 radical (unpaired) electrons. The monoisotopic (exact) mass is 328 g/mol. The van der Waals surface area contributed by atoms with Crippen LogP contribution in [-0.4, -0.2) is 62.1 Å². The minimum absolute atomic E-state index is 0.0729. The van der Waals surface area contributed by atoms with Crippen LogP contribution in [-0.2, 0) is 17.9 Å². The number of carbonyl (C=O) groups is 1. The van der Waals surface area contributed by atoms with Crippen molar-refractivity contribution in [1.82, 2.24) is 30.0 Å². The number of hydrogen-bond acceptors (Lipinski definition) is 5. The summed E-state index contributed by atoms with van der Waals surface area (Å²) in [6, 6.07) is 8.79. The zero-order valence-electron chi connectivity index (χ0n) is 14.3. The molecule has 1 aromatic carbocycles. The third kappa shape index (κ3) is 4.17. The highest BCUT2D eigenvalue weighted by molar-refractivity contribution is 5.75. The Balaban J connectivity index is 1.50. The second-order valence-corrected chi connectivity index (χ2v) is 6.56. The van der Waals surface area contributed by atoms with E-state index in [1.165, 1.54) is 22.1 Å². The lowest BCUT2D eigenvalue weighted by Gasteiger charge is -2.34. The van der Waals surface area contributed by atoms with E-state index in [1.807, 2.05) is 4.90 Å². The fraction of sp³-hybridized carbons (Fsp3) is 0.529. The molecule has 2 aromatic rings. The first-order valence-electron chi connectivity index (χ1n) is 8.41. The normalized spacial score (nSPS) is 15.9. The first-order chi connectivity index (χ1) is 11.6. The highest BCUT2D eigenvalue weighted by Crippen LogP contribution is 2.17. The molecule has 0 spiro atoms. The molecule has 0 N–H and O–H groups in total. The number of aromatic nitrogens is 4. The molecule has 1 amide bonds. The van der Waals surface area contributed by atoms with Gasteiger partial charge in [-0.05, 0) is 27.5 Å². The van der Waals surface area contributed by atoms with Crippen LogP contribution in [0.2, 0.25) is 0 Å². The molecule has 3 rings (SSSR count). The summed E-state index contributed by atoms with van der Waals surface area (Å²) >= 11 is 0. The Kier molecular flexibility index (Phi) is 5.20. The largest absolute Gasteiger partial charge is 0.339 e. The Morgan fingerprint density at radius 3 is 2.67 bits per heavy atom. The molecule has 0 unspecified atom stereocenters. The van der Waals surface area contributed by atoms with Crippen molar-refractivity contribution < 1.29 is 4.79 Å². The first kappa shape index (κ1) is 16.6. The second-order valence-electron chi connectivity index (χ2n) is 6.56. The molecule has 1 aromatic heterocycles. The van der Waals surface area contributed by atoms with Crippen molar-refractivity contribution in [2.45, 2.75) is 32.9 Å². The third-order valence-electron chi connectivity index (χ3n) is 4.44. The molecule has 1 aliphatic rings. The zero-order valence-corrected chi connectivity index (χ0v) is 14.3. The van der Waals surface area contributed by atoms with Gasteiger partial charge in [-0.15, -0.1) is 5.10 Å². The number of benzene rings is 1. The fourth-order valence-electron chi connectivity index (χ4n) is 2.96. The fourth-order valence-corrected chi connectivity index (χ4v) is 2.96. The smallest absolute Gasteiger partial charge is 0.244 e. The van der Waals surface area contributed by atoms with E-state index in [-0.39, 0.29) is 12.5 Å². The molecule has 0 bridgehead atoms. The van der Waals surface area contributed by atoms with Crippen LogP contribution >= 0.6 is 0 Å². The number of nitrogens with zero attached hydrogens (tertiary/aromatic N) is 6. The lowest BCUT2D eigenvalue weighted by molar-refractivity contribution is -0.133. The van der Waals surface area contributed by atoms with Crippen LogP contribution in [0, 0.1) is 0 Å². The van der Waals surface area contributed by atoms with Gasteiger partial charge in [0.15, 0.2) is 0 Å². The van der Waals surface area contributed by atoms with E-state index >= 15 is 0 Å². The van der Waals surface area contributed by atoms with Crippen LogP contribution in [0.1, 0.15) is 30.9 Å². The molecule has 24 heavy (non-hydrogen) atoms. The van der Waals surface area contributed by atoms with Gasteiger partial charge in [0.2, 0.25) is 5.91 Å². The van der Waals surface area contributed by atoms with E-state index in [1.54, 1.807) is 0 Å². The number of hydrogen-bond donors (Lipinski definition) is 0. The van der Waals surface area contributed by atoms with Crippen molar-refractivity contribution in [2.24, 2.45) is 0 Å². The van der Waals surface area contributed by atoms with E-state index in [2.05, 4.69) is 58.5 Å². The first-order valence-corrected chi connectivity index (χ1v) is 8.41. The SMILES string of the molecule is CC(C)c1cccc(CN2CCN(C(=O)Cn3cnnn3)CC2)c1. The van der Waals surface area contributed by atoms with Crippen molar-refractivity contribution >= 4 is 5.91 Å². The topological polar surface area (TPSA) is 67.2 Å². The number of piperazine rings is 1. The average Bonchev–Trinajstić information content (AvgIpc) is 3.08. The van der Waals surface area contributed by atoms with Gasteiger partial charge in [-0.1, -0.05) is 38.1 Å². The Bertz CT molecular complexity index is 661. The Morgan fingerprint density at radius 1 is 1.21 bits per heavy atom. The summed E-state index contributed by atoms with van der Waals surface area (Å²) in [6.07, 6.45) is 1.47. The molecular weight excluding hydrogens is 304 g/mol. The summed E-state index contributed by atoms with van der Waals surface area (Å²) in [5.41, 5.74) is 2.72. The molecule has 1 fully saturated rings. The maximum absolute atomic E-state index is 12.2. The molecule has 0 atom stereocenters. The van der Waals surface area contributed by atoms with Gasteiger partial charge in [0, 0.05) is 32.7 Å². The minimum atomic E-state index is 0.0729. The van der Waals surface area contributed by atoms with Crippen molar-refractivity contribution in [3.63, 3.8) is 0 Å². The standard InChI is InChI=1S/C17H24N6O/c1-14(2)16-5-3-4-15(10-16)11-21-6-8-22(9-7-21)17(24)12-23-13-18-19-20-23/h3-5,10,13-14H,6-9,11-12H2,1-2H3. The van der Waals surface area contributed by atoms with E-state index in [0.717, 1.165) is 32.7 Å². The number of rotatable bonds is 5. The predicted octanol–water partition coefficient (Wildman–Crippen LogP) is 1.14. The molecule has 0 saturated carbocycles. The quantitative estimate of drug-likeness (QED) is 0.823.